The van der Waals surface area contributed by atoms with Gasteiger partial charge in [0, 0.05) is 23.7 Å². The Morgan fingerprint density at radius 3 is 2.50 bits per heavy atom. The van der Waals surface area contributed by atoms with Gasteiger partial charge in [-0.25, -0.2) is 0 Å². The van der Waals surface area contributed by atoms with Gasteiger partial charge in [-0.05, 0) is 40.6 Å². The van der Waals surface area contributed by atoms with Crippen LogP contribution in [0.25, 0.3) is 22.0 Å². The second kappa shape index (κ2) is 6.81. The van der Waals surface area contributed by atoms with E-state index >= 15 is 0 Å². The van der Waals surface area contributed by atoms with E-state index in [1.165, 1.54) is 16.3 Å². The zero-order valence-electron chi connectivity index (χ0n) is 13.0. The van der Waals surface area contributed by atoms with Crippen LogP contribution < -0.4 is 0 Å². The number of benzene rings is 2. The molecule has 0 amide bonds. The van der Waals surface area contributed by atoms with Crippen molar-refractivity contribution in [2.45, 2.75) is 10.8 Å². The number of thioether (sulfide) groups is 1. The van der Waals surface area contributed by atoms with Gasteiger partial charge < -0.3 is 0 Å². The summed E-state index contributed by atoms with van der Waals surface area (Å²) in [5.74, 6) is 0.845. The summed E-state index contributed by atoms with van der Waals surface area (Å²) in [7, 11) is 0. The van der Waals surface area contributed by atoms with E-state index in [1.807, 2.05) is 24.4 Å². The normalized spacial score (nSPS) is 10.8. The summed E-state index contributed by atoms with van der Waals surface area (Å²) >= 11 is 1.67. The third-order valence-electron chi connectivity index (χ3n) is 3.79. The molecule has 0 aliphatic carbocycles. The Bertz CT molecular complexity index is 953. The van der Waals surface area contributed by atoms with E-state index in [2.05, 4.69) is 63.7 Å². The fourth-order valence-corrected chi connectivity index (χ4v) is 3.29. The summed E-state index contributed by atoms with van der Waals surface area (Å²) in [6, 6.07) is 22.8. The predicted octanol–water partition coefficient (Wildman–Crippen LogP) is 4.98. The Balaban J connectivity index is 1.52. The number of rotatable bonds is 4. The van der Waals surface area contributed by atoms with Crippen LogP contribution in [0.4, 0.5) is 0 Å². The quantitative estimate of drug-likeness (QED) is 0.495. The van der Waals surface area contributed by atoms with Crippen LogP contribution in [0.5, 0.6) is 0 Å². The highest BCUT2D eigenvalue weighted by atomic mass is 32.2. The zero-order chi connectivity index (χ0) is 16.2. The largest absolute Gasteiger partial charge is 0.264 e. The summed E-state index contributed by atoms with van der Waals surface area (Å²) in [6.07, 6.45) is 3.66. The van der Waals surface area contributed by atoms with Crippen molar-refractivity contribution in [3.63, 3.8) is 0 Å². The summed E-state index contributed by atoms with van der Waals surface area (Å²) in [6.45, 7) is 0. The molecule has 4 aromatic rings. The van der Waals surface area contributed by atoms with Crippen LogP contribution in [0.2, 0.25) is 0 Å². The van der Waals surface area contributed by atoms with Crippen molar-refractivity contribution in [1.29, 1.82) is 0 Å². The molecule has 0 N–H and O–H groups in total. The molecule has 2 aromatic carbocycles. The van der Waals surface area contributed by atoms with E-state index in [-0.39, 0.29) is 0 Å². The molecule has 4 heteroatoms. The van der Waals surface area contributed by atoms with Crippen molar-refractivity contribution in [1.82, 2.24) is 15.2 Å². The lowest BCUT2D eigenvalue weighted by Crippen LogP contribution is -1.90. The molecule has 0 radical (unpaired) electrons. The average molecular weight is 329 g/mol. The van der Waals surface area contributed by atoms with E-state index in [0.717, 1.165) is 22.0 Å². The highest BCUT2D eigenvalue weighted by Gasteiger charge is 2.04. The number of fused-ring (bicyclic) bond motifs is 1. The predicted molar refractivity (Wildman–Crippen MR) is 98.8 cm³/mol. The third-order valence-corrected chi connectivity index (χ3v) is 4.79. The molecule has 0 fully saturated rings. The van der Waals surface area contributed by atoms with Gasteiger partial charge in [-0.15, -0.1) is 10.2 Å². The lowest BCUT2D eigenvalue weighted by atomic mass is 10.1. The minimum Gasteiger partial charge on any atom is -0.264 e. The molecule has 0 atom stereocenters. The number of pyridine rings is 1. The molecular formula is C20H15N3S. The van der Waals surface area contributed by atoms with Crippen molar-refractivity contribution < 1.29 is 0 Å². The zero-order valence-corrected chi connectivity index (χ0v) is 13.8. The molecule has 4 rings (SSSR count). The van der Waals surface area contributed by atoms with E-state index in [0.29, 0.717) is 0 Å². The molecule has 2 heterocycles. The fraction of sp³-hybridized carbons (Fsp3) is 0.0500. The monoisotopic (exact) mass is 329 g/mol. The lowest BCUT2D eigenvalue weighted by molar-refractivity contribution is 0.935. The fourth-order valence-electron chi connectivity index (χ4n) is 2.54. The first kappa shape index (κ1) is 14.8. The first-order valence-corrected chi connectivity index (χ1v) is 8.72. The number of nitrogens with zero attached hydrogens (tertiary/aromatic N) is 3. The van der Waals surface area contributed by atoms with Crippen molar-refractivity contribution in [2.75, 3.05) is 0 Å². The van der Waals surface area contributed by atoms with E-state index in [4.69, 9.17) is 0 Å². The minimum absolute atomic E-state index is 0.845. The maximum absolute atomic E-state index is 4.38. The maximum Gasteiger partial charge on any atom is 0.119 e. The van der Waals surface area contributed by atoms with Gasteiger partial charge in [-0.2, -0.15) is 0 Å². The Hall–Kier alpha value is -2.72. The second-order valence-electron chi connectivity index (χ2n) is 5.47. The summed E-state index contributed by atoms with van der Waals surface area (Å²) in [4.78, 5) is 4.13. The topological polar surface area (TPSA) is 38.7 Å². The summed E-state index contributed by atoms with van der Waals surface area (Å²) < 4.78 is 0. The van der Waals surface area contributed by atoms with Gasteiger partial charge >= 0.3 is 0 Å². The molecule has 3 nitrogen and oxygen atoms in total. The van der Waals surface area contributed by atoms with Crippen LogP contribution in [0.3, 0.4) is 0 Å². The van der Waals surface area contributed by atoms with Gasteiger partial charge in [0.15, 0.2) is 0 Å². The van der Waals surface area contributed by atoms with Gasteiger partial charge in [0.25, 0.3) is 0 Å². The van der Waals surface area contributed by atoms with Gasteiger partial charge in [-0.1, -0.05) is 54.2 Å². The van der Waals surface area contributed by atoms with Gasteiger partial charge in [0.05, 0.1) is 5.69 Å². The van der Waals surface area contributed by atoms with Gasteiger partial charge in [-0.3, -0.25) is 4.98 Å². The van der Waals surface area contributed by atoms with Crippen LogP contribution in [-0.2, 0) is 5.75 Å². The standard InChI is InChI=1S/C20H15N3S/c1-2-6-17-12-18(8-7-16(17)5-1)19-9-10-20(23-22-19)24-14-15-4-3-11-21-13-15/h1-13H,14H2. The smallest absolute Gasteiger partial charge is 0.119 e. The molecule has 2 aromatic heterocycles. The van der Waals surface area contributed by atoms with Crippen LogP contribution in [0, 0.1) is 0 Å². The van der Waals surface area contributed by atoms with Crippen molar-refractivity contribution in [3.05, 3.63) is 84.7 Å². The molecule has 0 bridgehead atoms. The first-order valence-electron chi connectivity index (χ1n) is 7.73. The van der Waals surface area contributed by atoms with Crippen LogP contribution >= 0.6 is 11.8 Å². The molecule has 0 saturated heterocycles. The average Bonchev–Trinajstić information content (AvgIpc) is 2.67. The van der Waals surface area contributed by atoms with E-state index in [1.54, 1.807) is 18.0 Å². The van der Waals surface area contributed by atoms with Crippen molar-refractivity contribution in [2.24, 2.45) is 0 Å². The van der Waals surface area contributed by atoms with Crippen LogP contribution in [0.1, 0.15) is 5.56 Å². The van der Waals surface area contributed by atoms with Crippen LogP contribution in [-0.4, -0.2) is 15.2 Å². The Labute approximate surface area is 144 Å². The Morgan fingerprint density at radius 2 is 1.71 bits per heavy atom. The molecule has 24 heavy (non-hydrogen) atoms. The molecule has 0 unspecified atom stereocenters. The molecule has 0 aliphatic heterocycles. The van der Waals surface area contributed by atoms with E-state index in [9.17, 15) is 0 Å². The first-order chi connectivity index (χ1) is 11.9. The van der Waals surface area contributed by atoms with Gasteiger partial charge in [0.2, 0.25) is 0 Å². The molecule has 0 saturated carbocycles. The lowest BCUT2D eigenvalue weighted by Gasteiger charge is -2.04. The van der Waals surface area contributed by atoms with Crippen molar-refractivity contribution in [3.8, 4) is 11.3 Å². The molecule has 116 valence electrons. The molecule has 0 spiro atoms. The van der Waals surface area contributed by atoms with E-state index < -0.39 is 0 Å². The highest BCUT2D eigenvalue weighted by Crippen LogP contribution is 2.25. The maximum atomic E-state index is 4.38. The summed E-state index contributed by atoms with van der Waals surface area (Å²) in [5.41, 5.74) is 3.17. The molecular weight excluding hydrogens is 314 g/mol. The number of aromatic nitrogens is 3. The number of hydrogen-bond acceptors (Lipinski definition) is 4. The Kier molecular flexibility index (Phi) is 4.21. The Morgan fingerprint density at radius 1 is 0.792 bits per heavy atom. The minimum atomic E-state index is 0.845. The summed E-state index contributed by atoms with van der Waals surface area (Å²) in [5, 5.41) is 12.1. The SMILES string of the molecule is c1cncc(CSc2ccc(-c3ccc4ccccc4c3)nn2)c1. The van der Waals surface area contributed by atoms with Crippen LogP contribution in [0.15, 0.2) is 84.1 Å². The molecule has 0 aliphatic rings. The van der Waals surface area contributed by atoms with Crippen molar-refractivity contribution >= 4 is 22.5 Å². The third kappa shape index (κ3) is 3.29. The number of hydrogen-bond donors (Lipinski definition) is 0. The van der Waals surface area contributed by atoms with Gasteiger partial charge in [0.1, 0.15) is 5.03 Å². The highest BCUT2D eigenvalue weighted by molar-refractivity contribution is 7.98. The second-order valence-corrected chi connectivity index (χ2v) is 6.46.